The van der Waals surface area contributed by atoms with E-state index in [1.54, 1.807) is 14.2 Å². The second-order valence-corrected chi connectivity index (χ2v) is 7.67. The molecule has 0 aliphatic carbocycles. The monoisotopic (exact) mass is 427 g/mol. The number of urea groups is 1. The van der Waals surface area contributed by atoms with Crippen LogP contribution >= 0.6 is 12.2 Å². The second kappa shape index (κ2) is 10.8. The third kappa shape index (κ3) is 5.63. The average Bonchev–Trinajstić information content (AvgIpc) is 3.28. The number of carbonyl (C=O) groups is 1. The highest BCUT2D eigenvalue weighted by molar-refractivity contribution is 7.80. The molecule has 30 heavy (non-hydrogen) atoms. The molecule has 0 radical (unpaired) electrons. The van der Waals surface area contributed by atoms with E-state index < -0.39 is 0 Å². The number of nitrogens with zero attached hydrogens (tertiary/aromatic N) is 1. The predicted octanol–water partition coefficient (Wildman–Crippen LogP) is 3.54. The molecule has 2 amide bonds. The van der Waals surface area contributed by atoms with Gasteiger partial charge in [-0.1, -0.05) is 48.6 Å². The molecule has 1 fully saturated rings. The molecule has 1 heterocycles. The molecule has 0 bridgehead atoms. The summed E-state index contributed by atoms with van der Waals surface area (Å²) in [5.41, 5.74) is 2.21. The van der Waals surface area contributed by atoms with Crippen LogP contribution in [0.15, 0.2) is 48.5 Å². The number of methoxy groups -OCH3 is 2. The molecule has 2 aromatic carbocycles. The average molecular weight is 428 g/mol. The molecule has 2 N–H and O–H groups in total. The lowest BCUT2D eigenvalue weighted by Gasteiger charge is -2.26. The Morgan fingerprint density at radius 3 is 2.57 bits per heavy atom. The first kappa shape index (κ1) is 21.9. The van der Waals surface area contributed by atoms with Gasteiger partial charge in [0.15, 0.2) is 11.5 Å². The minimum atomic E-state index is -0.0645. The van der Waals surface area contributed by atoms with Crippen molar-refractivity contribution in [2.24, 2.45) is 0 Å². The molecule has 1 saturated heterocycles. The number of ether oxygens (including phenoxy) is 2. The normalized spacial score (nSPS) is 15.5. The van der Waals surface area contributed by atoms with Crippen LogP contribution in [0.1, 0.15) is 24.0 Å². The van der Waals surface area contributed by atoms with Crippen LogP contribution in [0.5, 0.6) is 11.5 Å². The first-order chi connectivity index (χ1) is 14.6. The van der Waals surface area contributed by atoms with E-state index in [0.29, 0.717) is 18.8 Å². The van der Waals surface area contributed by atoms with E-state index in [4.69, 9.17) is 21.7 Å². The topological polar surface area (TPSA) is 62.8 Å². The van der Waals surface area contributed by atoms with Crippen molar-refractivity contribution in [2.45, 2.75) is 31.8 Å². The quantitative estimate of drug-likeness (QED) is 0.631. The maximum Gasteiger partial charge on any atom is 0.318 e. The maximum absolute atomic E-state index is 12.7. The molecule has 1 aliphatic heterocycles. The summed E-state index contributed by atoms with van der Waals surface area (Å²) in [7, 11) is 3.26. The van der Waals surface area contributed by atoms with Gasteiger partial charge >= 0.3 is 6.03 Å². The number of carbonyl (C=O) groups excluding carboxylic acids is 1. The molecular weight excluding hydrogens is 398 g/mol. The predicted molar refractivity (Wildman–Crippen MR) is 122 cm³/mol. The molecule has 0 aromatic heterocycles. The van der Waals surface area contributed by atoms with Gasteiger partial charge < -0.3 is 25.0 Å². The van der Waals surface area contributed by atoms with Crippen LogP contribution in [0.25, 0.3) is 0 Å². The van der Waals surface area contributed by atoms with Gasteiger partial charge in [0.05, 0.1) is 25.2 Å². The molecule has 1 aliphatic rings. The van der Waals surface area contributed by atoms with Crippen LogP contribution in [0.2, 0.25) is 0 Å². The van der Waals surface area contributed by atoms with E-state index in [2.05, 4.69) is 10.6 Å². The molecule has 1 unspecified atom stereocenters. The third-order valence-corrected chi connectivity index (χ3v) is 5.68. The third-order valence-electron chi connectivity index (χ3n) is 5.26. The fourth-order valence-electron chi connectivity index (χ4n) is 3.64. The van der Waals surface area contributed by atoms with Crippen LogP contribution in [0.3, 0.4) is 0 Å². The first-order valence-electron chi connectivity index (χ1n) is 10.2. The Balaban J connectivity index is 1.49. The number of hydrogen-bond donors (Lipinski definition) is 2. The smallest absolute Gasteiger partial charge is 0.318 e. The highest BCUT2D eigenvalue weighted by Gasteiger charge is 2.31. The summed E-state index contributed by atoms with van der Waals surface area (Å²) in [4.78, 5) is 15.2. The summed E-state index contributed by atoms with van der Waals surface area (Å²) in [6, 6.07) is 15.7. The summed E-state index contributed by atoms with van der Waals surface area (Å²) in [5, 5.41) is 6.34. The number of hydrogen-bond acceptors (Lipinski definition) is 4. The van der Waals surface area contributed by atoms with Crippen LogP contribution in [-0.2, 0) is 13.0 Å². The zero-order chi connectivity index (χ0) is 21.3. The van der Waals surface area contributed by atoms with Crippen molar-refractivity contribution in [3.63, 3.8) is 0 Å². The summed E-state index contributed by atoms with van der Waals surface area (Å²) in [5.74, 6) is 1.43. The Hall–Kier alpha value is -2.80. The largest absolute Gasteiger partial charge is 0.493 e. The standard InChI is InChI=1S/C23H29N3O3S/c1-28-20-11-10-17(15-21(20)29-2)12-13-24-22(30)19-9-6-14-26(19)23(27)25-16-18-7-4-3-5-8-18/h3-5,7-8,10-11,15,19H,6,9,12-14,16H2,1-2H3,(H,24,30)(H,25,27). The van der Waals surface area contributed by atoms with E-state index in [-0.39, 0.29) is 12.1 Å². The van der Waals surface area contributed by atoms with Gasteiger partial charge in [-0.2, -0.15) is 0 Å². The van der Waals surface area contributed by atoms with Gasteiger partial charge in [0.2, 0.25) is 0 Å². The van der Waals surface area contributed by atoms with Crippen LogP contribution in [-0.4, -0.2) is 49.3 Å². The SMILES string of the molecule is COc1ccc(CCNC(=S)C2CCCN2C(=O)NCc2ccccc2)cc1OC. The van der Waals surface area contributed by atoms with Crippen molar-refractivity contribution in [3.8, 4) is 11.5 Å². The summed E-state index contributed by atoms with van der Waals surface area (Å²) < 4.78 is 10.6. The van der Waals surface area contributed by atoms with Gasteiger partial charge in [-0.25, -0.2) is 4.79 Å². The first-order valence-corrected chi connectivity index (χ1v) is 10.6. The second-order valence-electron chi connectivity index (χ2n) is 7.23. The van der Waals surface area contributed by atoms with E-state index >= 15 is 0 Å². The minimum absolute atomic E-state index is 0.0545. The van der Waals surface area contributed by atoms with E-state index in [1.165, 1.54) is 0 Å². The summed E-state index contributed by atoms with van der Waals surface area (Å²) in [6.07, 6.45) is 2.65. The molecule has 7 heteroatoms. The van der Waals surface area contributed by atoms with E-state index in [0.717, 1.165) is 47.7 Å². The maximum atomic E-state index is 12.7. The van der Waals surface area contributed by atoms with Crippen LogP contribution < -0.4 is 20.1 Å². The number of likely N-dealkylation sites (tertiary alicyclic amines) is 1. The fraction of sp³-hybridized carbons (Fsp3) is 0.391. The van der Waals surface area contributed by atoms with Gasteiger partial charge in [0.25, 0.3) is 0 Å². The van der Waals surface area contributed by atoms with E-state index in [1.807, 2.05) is 53.4 Å². The molecule has 6 nitrogen and oxygen atoms in total. The van der Waals surface area contributed by atoms with Crippen molar-refractivity contribution in [3.05, 3.63) is 59.7 Å². The van der Waals surface area contributed by atoms with Crippen molar-refractivity contribution in [2.75, 3.05) is 27.3 Å². The molecule has 2 aromatic rings. The summed E-state index contributed by atoms with van der Waals surface area (Å²) in [6.45, 7) is 1.94. The molecular formula is C23H29N3O3S. The lowest BCUT2D eigenvalue weighted by molar-refractivity contribution is 0.202. The number of rotatable bonds is 8. The Labute approximate surface area is 183 Å². The van der Waals surface area contributed by atoms with Gasteiger partial charge in [-0.05, 0) is 42.5 Å². The van der Waals surface area contributed by atoms with Crippen LogP contribution in [0.4, 0.5) is 4.79 Å². The lowest BCUT2D eigenvalue weighted by atomic mass is 10.1. The Kier molecular flexibility index (Phi) is 7.90. The van der Waals surface area contributed by atoms with Gasteiger partial charge in [0.1, 0.15) is 0 Å². The Morgan fingerprint density at radius 2 is 1.83 bits per heavy atom. The highest BCUT2D eigenvalue weighted by Crippen LogP contribution is 2.27. The van der Waals surface area contributed by atoms with Crippen molar-refractivity contribution < 1.29 is 14.3 Å². The molecule has 0 saturated carbocycles. The Bertz CT molecular complexity index is 860. The van der Waals surface area contributed by atoms with Crippen LogP contribution in [0, 0.1) is 0 Å². The number of nitrogens with one attached hydrogen (secondary N) is 2. The molecule has 160 valence electrons. The molecule has 0 spiro atoms. The zero-order valence-corrected chi connectivity index (χ0v) is 18.3. The lowest BCUT2D eigenvalue weighted by Crippen LogP contribution is -2.48. The molecule has 3 rings (SSSR count). The minimum Gasteiger partial charge on any atom is -0.493 e. The van der Waals surface area contributed by atoms with Gasteiger partial charge in [-0.3, -0.25) is 0 Å². The fourth-order valence-corrected chi connectivity index (χ4v) is 3.99. The van der Waals surface area contributed by atoms with Gasteiger partial charge in [0, 0.05) is 19.6 Å². The zero-order valence-electron chi connectivity index (χ0n) is 17.5. The van der Waals surface area contributed by atoms with Crippen molar-refractivity contribution >= 4 is 23.2 Å². The van der Waals surface area contributed by atoms with E-state index in [9.17, 15) is 4.79 Å². The van der Waals surface area contributed by atoms with Crippen molar-refractivity contribution in [1.29, 1.82) is 0 Å². The number of thiocarbonyl (C=S) groups is 1. The van der Waals surface area contributed by atoms with Gasteiger partial charge in [-0.15, -0.1) is 0 Å². The number of amides is 2. The summed E-state index contributed by atoms with van der Waals surface area (Å²) >= 11 is 5.61. The molecule has 1 atom stereocenters. The Morgan fingerprint density at radius 1 is 1.07 bits per heavy atom. The number of benzene rings is 2. The van der Waals surface area contributed by atoms with Crippen molar-refractivity contribution in [1.82, 2.24) is 15.5 Å². The highest BCUT2D eigenvalue weighted by atomic mass is 32.1.